The summed E-state index contributed by atoms with van der Waals surface area (Å²) >= 11 is 0. The molecule has 0 amide bonds. The molecule has 4 atom stereocenters. The van der Waals surface area contributed by atoms with Gasteiger partial charge in [0.2, 0.25) is 0 Å². The van der Waals surface area contributed by atoms with Crippen LogP contribution in [0.1, 0.15) is 25.7 Å². The number of fused-ring (bicyclic) bond motifs is 3. The van der Waals surface area contributed by atoms with E-state index in [0.29, 0.717) is 25.7 Å². The minimum Gasteiger partial charge on any atom is -0.393 e. The van der Waals surface area contributed by atoms with Gasteiger partial charge in [0.15, 0.2) is 0 Å². The number of ether oxygens (including phenoxy) is 2. The molecule has 2 aliphatic carbocycles. The summed E-state index contributed by atoms with van der Waals surface area (Å²) in [6.07, 6.45) is 2.35. The van der Waals surface area contributed by atoms with Crippen molar-refractivity contribution in [2.75, 3.05) is 0 Å². The summed E-state index contributed by atoms with van der Waals surface area (Å²) in [5.74, 6) is -2.71. The lowest BCUT2D eigenvalue weighted by Crippen LogP contribution is -2.41. The van der Waals surface area contributed by atoms with Gasteiger partial charge in [0.25, 0.3) is 0 Å². The number of hydrogen-bond donors (Lipinski definition) is 0. The molecule has 0 spiro atoms. The Labute approximate surface area is 114 Å². The SMILES string of the molecule is O=C1OC(=O)C2CC3CC4C(=O)OC(=O)C4CC3CC12. The van der Waals surface area contributed by atoms with Crippen molar-refractivity contribution in [3.05, 3.63) is 0 Å². The molecule has 106 valence electrons. The van der Waals surface area contributed by atoms with Crippen molar-refractivity contribution in [2.45, 2.75) is 25.7 Å². The number of hydrogen-bond acceptors (Lipinski definition) is 6. The van der Waals surface area contributed by atoms with Gasteiger partial charge in [0.1, 0.15) is 0 Å². The van der Waals surface area contributed by atoms with E-state index in [1.54, 1.807) is 0 Å². The van der Waals surface area contributed by atoms with Gasteiger partial charge in [-0.05, 0) is 37.5 Å². The highest BCUT2D eigenvalue weighted by atomic mass is 16.6. The van der Waals surface area contributed by atoms with Gasteiger partial charge in [-0.15, -0.1) is 0 Å². The van der Waals surface area contributed by atoms with E-state index < -0.39 is 23.9 Å². The molecule has 20 heavy (non-hydrogen) atoms. The van der Waals surface area contributed by atoms with E-state index >= 15 is 0 Å². The van der Waals surface area contributed by atoms with E-state index in [1.165, 1.54) is 0 Å². The molecule has 0 bridgehead atoms. The van der Waals surface area contributed by atoms with Crippen molar-refractivity contribution >= 4 is 23.9 Å². The maximum Gasteiger partial charge on any atom is 0.317 e. The Morgan fingerprint density at radius 2 is 0.800 bits per heavy atom. The number of carbonyl (C=O) groups excluding carboxylic acids is 4. The van der Waals surface area contributed by atoms with Crippen molar-refractivity contribution in [2.24, 2.45) is 35.5 Å². The second kappa shape index (κ2) is 3.90. The minimum atomic E-state index is -0.425. The minimum absolute atomic E-state index is 0.203. The molecule has 0 radical (unpaired) electrons. The summed E-state index contributed by atoms with van der Waals surface area (Å²) in [7, 11) is 0. The van der Waals surface area contributed by atoms with E-state index in [1.807, 2.05) is 0 Å². The molecule has 6 nitrogen and oxygen atoms in total. The normalized spacial score (nSPS) is 46.4. The average molecular weight is 278 g/mol. The second-order valence-electron chi connectivity index (χ2n) is 6.37. The Kier molecular flexibility index (Phi) is 2.35. The van der Waals surface area contributed by atoms with Gasteiger partial charge >= 0.3 is 23.9 Å². The summed E-state index contributed by atoms with van der Waals surface area (Å²) in [5, 5.41) is 0. The van der Waals surface area contributed by atoms with E-state index in [4.69, 9.17) is 9.47 Å². The quantitative estimate of drug-likeness (QED) is 0.472. The molecule has 4 rings (SSSR count). The van der Waals surface area contributed by atoms with Crippen LogP contribution in [0.5, 0.6) is 0 Å². The highest BCUT2D eigenvalue weighted by Crippen LogP contribution is 2.52. The van der Waals surface area contributed by atoms with Crippen LogP contribution in [0.3, 0.4) is 0 Å². The predicted molar refractivity (Wildman–Crippen MR) is 61.6 cm³/mol. The zero-order chi connectivity index (χ0) is 14.0. The fraction of sp³-hybridized carbons (Fsp3) is 0.714. The molecule has 2 heterocycles. The van der Waals surface area contributed by atoms with Crippen molar-refractivity contribution in [3.63, 3.8) is 0 Å². The third-order valence-corrected chi connectivity index (χ3v) is 5.48. The summed E-state index contributed by atoms with van der Waals surface area (Å²) < 4.78 is 9.43. The van der Waals surface area contributed by atoms with Crippen molar-refractivity contribution in [1.82, 2.24) is 0 Å². The number of rotatable bonds is 0. The second-order valence-corrected chi connectivity index (χ2v) is 6.37. The largest absolute Gasteiger partial charge is 0.393 e. The summed E-state index contributed by atoms with van der Waals surface area (Å²) in [4.78, 5) is 46.6. The van der Waals surface area contributed by atoms with Crippen LogP contribution in [0.15, 0.2) is 0 Å². The van der Waals surface area contributed by atoms with Crippen molar-refractivity contribution in [1.29, 1.82) is 0 Å². The molecule has 2 saturated carbocycles. The van der Waals surface area contributed by atoms with Crippen LogP contribution in [0.4, 0.5) is 0 Å². The number of carbonyl (C=O) groups is 4. The molecule has 0 N–H and O–H groups in total. The first kappa shape index (κ1) is 12.1. The van der Waals surface area contributed by atoms with Gasteiger partial charge in [-0.25, -0.2) is 0 Å². The van der Waals surface area contributed by atoms with Gasteiger partial charge in [0, 0.05) is 0 Å². The topological polar surface area (TPSA) is 86.7 Å². The Morgan fingerprint density at radius 3 is 1.05 bits per heavy atom. The standard InChI is InChI=1S/C14H14O6/c15-11-7-1-5-2-9-10(14(18)20-13(9)17)4-6(5)3-8(7)12(16)19-11/h5-10H,1-4H2. The molecular formula is C14H14O6. The predicted octanol–water partition coefficient (Wildman–Crippen LogP) is 0.438. The smallest absolute Gasteiger partial charge is 0.317 e. The van der Waals surface area contributed by atoms with Crippen LogP contribution in [0, 0.1) is 35.5 Å². The Bertz CT molecular complexity index is 446. The number of cyclic esters (lactones) is 4. The molecule has 4 aliphatic rings. The van der Waals surface area contributed by atoms with Crippen LogP contribution in [-0.4, -0.2) is 23.9 Å². The first-order valence-corrected chi connectivity index (χ1v) is 7.05. The maximum atomic E-state index is 11.6. The lowest BCUT2D eigenvalue weighted by atomic mass is 9.59. The molecule has 0 aromatic rings. The Morgan fingerprint density at radius 1 is 0.550 bits per heavy atom. The van der Waals surface area contributed by atoms with Crippen molar-refractivity contribution in [3.8, 4) is 0 Å². The van der Waals surface area contributed by atoms with Gasteiger partial charge < -0.3 is 9.47 Å². The van der Waals surface area contributed by atoms with Crippen LogP contribution >= 0.6 is 0 Å². The Hall–Kier alpha value is -1.72. The van der Waals surface area contributed by atoms with E-state index in [0.717, 1.165) is 0 Å². The molecule has 0 aromatic heterocycles. The van der Waals surface area contributed by atoms with Crippen LogP contribution in [0.25, 0.3) is 0 Å². The molecule has 6 heteroatoms. The van der Waals surface area contributed by atoms with Crippen molar-refractivity contribution < 1.29 is 28.7 Å². The first-order chi connectivity index (χ1) is 9.54. The van der Waals surface area contributed by atoms with Crippen LogP contribution < -0.4 is 0 Å². The molecule has 4 fully saturated rings. The van der Waals surface area contributed by atoms with E-state index in [2.05, 4.69) is 0 Å². The monoisotopic (exact) mass is 278 g/mol. The van der Waals surface area contributed by atoms with Gasteiger partial charge in [-0.1, -0.05) is 0 Å². The van der Waals surface area contributed by atoms with E-state index in [9.17, 15) is 19.2 Å². The number of esters is 4. The van der Waals surface area contributed by atoms with Gasteiger partial charge in [0.05, 0.1) is 23.7 Å². The van der Waals surface area contributed by atoms with Gasteiger partial charge in [-0.2, -0.15) is 0 Å². The third kappa shape index (κ3) is 1.50. The molecular weight excluding hydrogens is 264 g/mol. The lowest BCUT2D eigenvalue weighted by Gasteiger charge is -2.41. The molecule has 4 unspecified atom stereocenters. The Balaban J connectivity index is 1.59. The first-order valence-electron chi connectivity index (χ1n) is 7.05. The maximum absolute atomic E-state index is 11.6. The molecule has 2 saturated heterocycles. The van der Waals surface area contributed by atoms with E-state index in [-0.39, 0.29) is 35.5 Å². The fourth-order valence-corrected chi connectivity index (χ4v) is 4.47. The lowest BCUT2D eigenvalue weighted by molar-refractivity contribution is -0.155. The average Bonchev–Trinajstić information content (AvgIpc) is 2.84. The summed E-state index contributed by atoms with van der Waals surface area (Å²) in [6, 6.07) is 0. The fourth-order valence-electron chi connectivity index (χ4n) is 4.47. The zero-order valence-electron chi connectivity index (χ0n) is 10.7. The highest BCUT2D eigenvalue weighted by Gasteiger charge is 2.56. The summed E-state index contributed by atoms with van der Waals surface area (Å²) in [6.45, 7) is 0. The highest BCUT2D eigenvalue weighted by molar-refractivity contribution is 5.97. The third-order valence-electron chi connectivity index (χ3n) is 5.48. The van der Waals surface area contributed by atoms with Crippen LogP contribution in [-0.2, 0) is 28.7 Å². The van der Waals surface area contributed by atoms with Crippen LogP contribution in [0.2, 0.25) is 0 Å². The molecule has 0 aromatic carbocycles. The summed E-state index contributed by atoms with van der Waals surface area (Å²) in [5.41, 5.74) is 0. The van der Waals surface area contributed by atoms with Gasteiger partial charge in [-0.3, -0.25) is 19.2 Å². The molecule has 2 aliphatic heterocycles. The zero-order valence-corrected chi connectivity index (χ0v) is 10.7.